The molecule has 7 nitrogen and oxygen atoms in total. The number of hydrogen-bond acceptors (Lipinski definition) is 5. The van der Waals surface area contributed by atoms with Crippen LogP contribution in [0.5, 0.6) is 17.2 Å². The molecule has 0 spiro atoms. The average molecular weight is 381 g/mol. The van der Waals surface area contributed by atoms with E-state index in [1.54, 1.807) is 38.5 Å². The van der Waals surface area contributed by atoms with Gasteiger partial charge >= 0.3 is 0 Å². The van der Waals surface area contributed by atoms with Crippen LogP contribution in [0.25, 0.3) is 11.3 Å². The number of aryl methyl sites for hydroxylation is 1. The Morgan fingerprint density at radius 3 is 2.46 bits per heavy atom. The Kier molecular flexibility index (Phi) is 5.84. The summed E-state index contributed by atoms with van der Waals surface area (Å²) in [4.78, 5) is 12.9. The SMILES string of the molecule is CCc1[nH]nc(-c2cc(OC)ccc2OC)c1NC(=O)c1ccccc1OC. The van der Waals surface area contributed by atoms with E-state index in [1.807, 2.05) is 25.1 Å². The fourth-order valence-corrected chi connectivity index (χ4v) is 2.98. The number of aromatic nitrogens is 2. The van der Waals surface area contributed by atoms with Gasteiger partial charge in [0.15, 0.2) is 0 Å². The van der Waals surface area contributed by atoms with Gasteiger partial charge in [-0.2, -0.15) is 5.10 Å². The quantitative estimate of drug-likeness (QED) is 0.648. The number of rotatable bonds is 7. The maximum Gasteiger partial charge on any atom is 0.259 e. The highest BCUT2D eigenvalue weighted by molar-refractivity contribution is 6.08. The average Bonchev–Trinajstić information content (AvgIpc) is 3.15. The molecule has 0 fully saturated rings. The number of aromatic amines is 1. The number of H-pyrrole nitrogens is 1. The van der Waals surface area contributed by atoms with Crippen LogP contribution in [0.1, 0.15) is 23.0 Å². The van der Waals surface area contributed by atoms with E-state index >= 15 is 0 Å². The third-order valence-electron chi connectivity index (χ3n) is 4.45. The van der Waals surface area contributed by atoms with E-state index < -0.39 is 0 Å². The molecule has 0 radical (unpaired) electrons. The van der Waals surface area contributed by atoms with E-state index in [4.69, 9.17) is 14.2 Å². The number of anilines is 1. The number of hydrogen-bond donors (Lipinski definition) is 2. The van der Waals surface area contributed by atoms with E-state index in [0.29, 0.717) is 46.2 Å². The van der Waals surface area contributed by atoms with Crippen LogP contribution in [-0.2, 0) is 6.42 Å². The molecule has 146 valence electrons. The van der Waals surface area contributed by atoms with Crippen LogP contribution in [0, 0.1) is 0 Å². The van der Waals surface area contributed by atoms with Crippen molar-refractivity contribution < 1.29 is 19.0 Å². The molecule has 0 aliphatic carbocycles. The fourth-order valence-electron chi connectivity index (χ4n) is 2.98. The van der Waals surface area contributed by atoms with Crippen LogP contribution in [0.2, 0.25) is 0 Å². The first-order valence-electron chi connectivity index (χ1n) is 8.86. The lowest BCUT2D eigenvalue weighted by Crippen LogP contribution is -2.14. The van der Waals surface area contributed by atoms with E-state index in [1.165, 1.54) is 7.11 Å². The van der Waals surface area contributed by atoms with Crippen molar-refractivity contribution in [1.82, 2.24) is 10.2 Å². The summed E-state index contributed by atoms with van der Waals surface area (Å²) in [6, 6.07) is 12.5. The van der Waals surface area contributed by atoms with Gasteiger partial charge < -0.3 is 19.5 Å². The van der Waals surface area contributed by atoms with Gasteiger partial charge in [-0.15, -0.1) is 0 Å². The Labute approximate surface area is 163 Å². The van der Waals surface area contributed by atoms with Crippen LogP contribution in [0.15, 0.2) is 42.5 Å². The Morgan fingerprint density at radius 2 is 1.79 bits per heavy atom. The molecule has 2 N–H and O–H groups in total. The zero-order chi connectivity index (χ0) is 20.1. The Bertz CT molecular complexity index is 982. The minimum absolute atomic E-state index is 0.281. The normalized spacial score (nSPS) is 10.4. The van der Waals surface area contributed by atoms with Crippen LogP contribution in [-0.4, -0.2) is 37.4 Å². The number of benzene rings is 2. The molecule has 0 saturated carbocycles. The van der Waals surface area contributed by atoms with Crippen molar-refractivity contribution in [3.8, 4) is 28.5 Å². The van der Waals surface area contributed by atoms with E-state index in [9.17, 15) is 4.79 Å². The number of carbonyl (C=O) groups excluding carboxylic acids is 1. The number of carbonyl (C=O) groups is 1. The first-order valence-corrected chi connectivity index (χ1v) is 8.86. The van der Waals surface area contributed by atoms with Crippen molar-refractivity contribution in [2.45, 2.75) is 13.3 Å². The monoisotopic (exact) mass is 381 g/mol. The van der Waals surface area contributed by atoms with Crippen LogP contribution in [0.4, 0.5) is 5.69 Å². The van der Waals surface area contributed by atoms with Crippen LogP contribution >= 0.6 is 0 Å². The third kappa shape index (κ3) is 3.64. The van der Waals surface area contributed by atoms with Crippen molar-refractivity contribution in [2.24, 2.45) is 0 Å². The molecule has 3 aromatic rings. The molecule has 1 amide bonds. The second-order valence-electron chi connectivity index (χ2n) is 6.00. The smallest absolute Gasteiger partial charge is 0.259 e. The van der Waals surface area contributed by atoms with Crippen LogP contribution < -0.4 is 19.5 Å². The number of nitrogens with one attached hydrogen (secondary N) is 2. The van der Waals surface area contributed by atoms with Gasteiger partial charge in [-0.05, 0) is 36.8 Å². The summed E-state index contributed by atoms with van der Waals surface area (Å²) < 4.78 is 16.1. The number of para-hydroxylation sites is 1. The van der Waals surface area contributed by atoms with Gasteiger partial charge in [-0.1, -0.05) is 19.1 Å². The molecule has 2 aromatic carbocycles. The minimum Gasteiger partial charge on any atom is -0.497 e. The molecule has 1 heterocycles. The highest BCUT2D eigenvalue weighted by atomic mass is 16.5. The van der Waals surface area contributed by atoms with Gasteiger partial charge in [0.1, 0.15) is 22.9 Å². The lowest BCUT2D eigenvalue weighted by molar-refractivity contribution is 0.102. The van der Waals surface area contributed by atoms with Crippen LogP contribution in [0.3, 0.4) is 0 Å². The zero-order valence-corrected chi connectivity index (χ0v) is 16.3. The van der Waals surface area contributed by atoms with Crippen molar-refractivity contribution in [3.05, 3.63) is 53.7 Å². The summed E-state index contributed by atoms with van der Waals surface area (Å²) >= 11 is 0. The molecule has 0 atom stereocenters. The molecule has 0 aliphatic heterocycles. The van der Waals surface area contributed by atoms with E-state index in [-0.39, 0.29) is 5.91 Å². The Hall–Kier alpha value is -3.48. The maximum absolute atomic E-state index is 12.9. The highest BCUT2D eigenvalue weighted by Gasteiger charge is 2.21. The Balaban J connectivity index is 2.06. The molecule has 1 aromatic heterocycles. The van der Waals surface area contributed by atoms with Crippen molar-refractivity contribution in [1.29, 1.82) is 0 Å². The number of nitrogens with zero attached hydrogens (tertiary/aromatic N) is 1. The fraction of sp³-hybridized carbons (Fsp3) is 0.238. The zero-order valence-electron chi connectivity index (χ0n) is 16.3. The number of methoxy groups -OCH3 is 3. The molecule has 0 unspecified atom stereocenters. The van der Waals surface area contributed by atoms with Gasteiger partial charge in [-0.3, -0.25) is 9.89 Å². The molecule has 0 bridgehead atoms. The summed E-state index contributed by atoms with van der Waals surface area (Å²) in [5, 5.41) is 10.4. The van der Waals surface area contributed by atoms with E-state index in [2.05, 4.69) is 15.5 Å². The van der Waals surface area contributed by atoms with Gasteiger partial charge in [-0.25, -0.2) is 0 Å². The van der Waals surface area contributed by atoms with E-state index in [0.717, 1.165) is 5.69 Å². The third-order valence-corrected chi connectivity index (χ3v) is 4.45. The predicted octanol–water partition coefficient (Wildman–Crippen LogP) is 3.92. The predicted molar refractivity (Wildman–Crippen MR) is 107 cm³/mol. The van der Waals surface area contributed by atoms with Gasteiger partial charge in [0, 0.05) is 5.56 Å². The molecule has 7 heteroatoms. The summed E-state index contributed by atoms with van der Waals surface area (Å²) in [6.07, 6.45) is 0.667. The summed E-state index contributed by atoms with van der Waals surface area (Å²) in [5.41, 5.74) is 3.15. The number of amides is 1. The minimum atomic E-state index is -0.281. The first kappa shape index (κ1) is 19.3. The van der Waals surface area contributed by atoms with Crippen molar-refractivity contribution in [2.75, 3.05) is 26.6 Å². The Morgan fingerprint density at radius 1 is 1.04 bits per heavy atom. The second kappa shape index (κ2) is 8.47. The maximum atomic E-state index is 12.9. The molecule has 0 saturated heterocycles. The summed E-state index contributed by atoms with van der Waals surface area (Å²) in [7, 11) is 4.72. The molecular formula is C21H23N3O4. The molecule has 28 heavy (non-hydrogen) atoms. The molecule has 0 aliphatic rings. The molecule has 3 rings (SSSR count). The topological polar surface area (TPSA) is 85.5 Å². The lowest BCUT2D eigenvalue weighted by atomic mass is 10.1. The second-order valence-corrected chi connectivity index (χ2v) is 6.00. The highest BCUT2D eigenvalue weighted by Crippen LogP contribution is 2.38. The van der Waals surface area contributed by atoms with Crippen molar-refractivity contribution in [3.63, 3.8) is 0 Å². The van der Waals surface area contributed by atoms with Gasteiger partial charge in [0.25, 0.3) is 5.91 Å². The number of ether oxygens (including phenoxy) is 3. The standard InChI is InChI=1S/C21H23N3O4/c1-5-16-20(22-21(25)14-8-6-7-9-17(14)27-3)19(24-23-16)15-12-13(26-2)10-11-18(15)28-4/h6-12H,5H2,1-4H3,(H,22,25)(H,23,24). The van der Waals surface area contributed by atoms with Gasteiger partial charge in [0.2, 0.25) is 0 Å². The largest absolute Gasteiger partial charge is 0.497 e. The van der Waals surface area contributed by atoms with Crippen molar-refractivity contribution >= 4 is 11.6 Å². The first-order chi connectivity index (χ1) is 13.6. The molecular weight excluding hydrogens is 358 g/mol. The van der Waals surface area contributed by atoms with Gasteiger partial charge in [0.05, 0.1) is 38.3 Å². The lowest BCUT2D eigenvalue weighted by Gasteiger charge is -2.13. The summed E-state index contributed by atoms with van der Waals surface area (Å²) in [6.45, 7) is 1.98. The summed E-state index contributed by atoms with van der Waals surface area (Å²) in [5.74, 6) is 1.51.